The first kappa shape index (κ1) is 14.1. The van der Waals surface area contributed by atoms with Crippen molar-refractivity contribution in [2.45, 2.75) is 44.6 Å². The van der Waals surface area contributed by atoms with Gasteiger partial charge in [0.25, 0.3) is 0 Å². The van der Waals surface area contributed by atoms with E-state index >= 15 is 0 Å². The van der Waals surface area contributed by atoms with Crippen molar-refractivity contribution in [3.8, 4) is 0 Å². The normalized spacial score (nSPS) is 27.6. The van der Waals surface area contributed by atoms with E-state index in [0.717, 1.165) is 17.9 Å². The highest BCUT2D eigenvalue weighted by molar-refractivity contribution is 5.27. The number of benzene rings is 1. The van der Waals surface area contributed by atoms with E-state index in [1.807, 2.05) is 0 Å². The monoisotopic (exact) mass is 272 g/mol. The lowest BCUT2D eigenvalue weighted by molar-refractivity contribution is 0.182. The fraction of sp³-hybridized carbons (Fsp3) is 0.667. The molecule has 0 spiro atoms. The van der Waals surface area contributed by atoms with Crippen LogP contribution in [0.15, 0.2) is 30.3 Å². The maximum Gasteiger partial charge on any atom is 0.0143 e. The van der Waals surface area contributed by atoms with Crippen molar-refractivity contribution in [2.24, 2.45) is 5.92 Å². The van der Waals surface area contributed by atoms with Gasteiger partial charge in [-0.05, 0) is 63.3 Å². The number of nitrogens with zero attached hydrogens (tertiary/aromatic N) is 1. The van der Waals surface area contributed by atoms with Crippen LogP contribution in [0.1, 0.15) is 44.1 Å². The van der Waals surface area contributed by atoms with E-state index < -0.39 is 0 Å². The van der Waals surface area contributed by atoms with Crippen molar-refractivity contribution >= 4 is 0 Å². The minimum atomic E-state index is 0.742. The Morgan fingerprint density at radius 1 is 1.15 bits per heavy atom. The molecule has 20 heavy (non-hydrogen) atoms. The largest absolute Gasteiger partial charge is 0.313 e. The Balaban J connectivity index is 1.36. The first-order chi connectivity index (χ1) is 9.86. The van der Waals surface area contributed by atoms with Gasteiger partial charge in [0.05, 0.1) is 0 Å². The first-order valence-corrected chi connectivity index (χ1v) is 8.37. The summed E-state index contributed by atoms with van der Waals surface area (Å²) >= 11 is 0. The summed E-state index contributed by atoms with van der Waals surface area (Å²) in [5, 5.41) is 3.80. The Bertz CT molecular complexity index is 395. The third-order valence-electron chi connectivity index (χ3n) is 4.93. The maximum atomic E-state index is 3.80. The quantitative estimate of drug-likeness (QED) is 0.855. The van der Waals surface area contributed by atoms with Gasteiger partial charge in [0.1, 0.15) is 0 Å². The second kappa shape index (κ2) is 6.73. The molecule has 1 aromatic carbocycles. The Labute approximate surface area is 123 Å². The summed E-state index contributed by atoms with van der Waals surface area (Å²) in [5.74, 6) is 1.68. The molecule has 1 saturated heterocycles. The van der Waals surface area contributed by atoms with Crippen LogP contribution in [0, 0.1) is 5.92 Å². The number of nitrogens with one attached hydrogen (secondary N) is 1. The molecule has 2 nitrogen and oxygen atoms in total. The molecule has 1 aliphatic carbocycles. The lowest BCUT2D eigenvalue weighted by atomic mass is 9.96. The molecular weight excluding hydrogens is 244 g/mol. The van der Waals surface area contributed by atoms with E-state index in [1.165, 1.54) is 57.4 Å². The molecule has 1 saturated carbocycles. The summed E-state index contributed by atoms with van der Waals surface area (Å²) in [6, 6.07) is 11.7. The van der Waals surface area contributed by atoms with Crippen LogP contribution in [0.5, 0.6) is 0 Å². The summed E-state index contributed by atoms with van der Waals surface area (Å²) in [6.07, 6.45) is 5.40. The van der Waals surface area contributed by atoms with E-state index in [9.17, 15) is 0 Å². The molecule has 2 heteroatoms. The fourth-order valence-corrected chi connectivity index (χ4v) is 3.54. The average Bonchev–Trinajstić information content (AvgIpc) is 3.27. The SMILES string of the molecule is CCCN1CCC(CNC2CC2c2ccccc2)CC1. The van der Waals surface area contributed by atoms with E-state index in [1.54, 1.807) is 0 Å². The van der Waals surface area contributed by atoms with Crippen LogP contribution >= 0.6 is 0 Å². The van der Waals surface area contributed by atoms with Crippen molar-refractivity contribution in [3.63, 3.8) is 0 Å². The van der Waals surface area contributed by atoms with Crippen LogP contribution in [0.3, 0.4) is 0 Å². The number of likely N-dealkylation sites (tertiary alicyclic amines) is 1. The molecule has 0 aromatic heterocycles. The van der Waals surface area contributed by atoms with Gasteiger partial charge in [-0.2, -0.15) is 0 Å². The molecule has 3 rings (SSSR count). The predicted molar refractivity (Wildman–Crippen MR) is 85.0 cm³/mol. The Kier molecular flexibility index (Phi) is 4.74. The first-order valence-electron chi connectivity index (χ1n) is 8.37. The predicted octanol–water partition coefficient (Wildman–Crippen LogP) is 3.25. The van der Waals surface area contributed by atoms with Crippen LogP contribution in [0.2, 0.25) is 0 Å². The molecule has 0 amide bonds. The molecule has 110 valence electrons. The van der Waals surface area contributed by atoms with Gasteiger partial charge >= 0.3 is 0 Å². The number of hydrogen-bond donors (Lipinski definition) is 1. The van der Waals surface area contributed by atoms with Crippen molar-refractivity contribution in [3.05, 3.63) is 35.9 Å². The van der Waals surface area contributed by atoms with Crippen LogP contribution < -0.4 is 5.32 Å². The van der Waals surface area contributed by atoms with E-state index in [-0.39, 0.29) is 0 Å². The van der Waals surface area contributed by atoms with Crippen molar-refractivity contribution < 1.29 is 0 Å². The maximum absolute atomic E-state index is 3.80. The standard InChI is InChI=1S/C18H28N2/c1-2-10-20-11-8-15(9-12-20)14-19-18-13-17(18)16-6-4-3-5-7-16/h3-7,15,17-19H,2,8-14H2,1H3. The lowest BCUT2D eigenvalue weighted by Gasteiger charge is -2.31. The van der Waals surface area contributed by atoms with Gasteiger partial charge in [0.2, 0.25) is 0 Å². The summed E-state index contributed by atoms with van der Waals surface area (Å²) in [6.45, 7) is 7.43. The molecule has 1 N–H and O–H groups in total. The van der Waals surface area contributed by atoms with E-state index in [2.05, 4.69) is 47.5 Å². The summed E-state index contributed by atoms with van der Waals surface area (Å²) < 4.78 is 0. The minimum absolute atomic E-state index is 0.742. The van der Waals surface area contributed by atoms with Crippen molar-refractivity contribution in [2.75, 3.05) is 26.2 Å². The molecule has 2 fully saturated rings. The van der Waals surface area contributed by atoms with Crippen molar-refractivity contribution in [1.82, 2.24) is 10.2 Å². The van der Waals surface area contributed by atoms with Crippen LogP contribution in [0.25, 0.3) is 0 Å². The minimum Gasteiger partial charge on any atom is -0.313 e. The lowest BCUT2D eigenvalue weighted by Crippen LogP contribution is -2.38. The third-order valence-corrected chi connectivity index (χ3v) is 4.93. The molecule has 2 unspecified atom stereocenters. The molecule has 1 aliphatic heterocycles. The molecule has 1 aromatic rings. The van der Waals surface area contributed by atoms with Crippen LogP contribution in [-0.2, 0) is 0 Å². The highest BCUT2D eigenvalue weighted by Gasteiger charge is 2.38. The van der Waals surface area contributed by atoms with Gasteiger partial charge in [0.15, 0.2) is 0 Å². The van der Waals surface area contributed by atoms with E-state index in [4.69, 9.17) is 0 Å². The fourth-order valence-electron chi connectivity index (χ4n) is 3.54. The van der Waals surface area contributed by atoms with Gasteiger partial charge in [-0.15, -0.1) is 0 Å². The summed E-state index contributed by atoms with van der Waals surface area (Å²) in [4.78, 5) is 2.63. The van der Waals surface area contributed by atoms with Gasteiger partial charge in [-0.1, -0.05) is 37.3 Å². The molecule has 2 aliphatic rings. The third kappa shape index (κ3) is 3.62. The zero-order chi connectivity index (χ0) is 13.8. The zero-order valence-electron chi connectivity index (χ0n) is 12.7. The number of rotatable bonds is 6. The second-order valence-corrected chi connectivity index (χ2v) is 6.55. The van der Waals surface area contributed by atoms with Gasteiger partial charge < -0.3 is 10.2 Å². The Morgan fingerprint density at radius 3 is 2.60 bits per heavy atom. The zero-order valence-corrected chi connectivity index (χ0v) is 12.7. The topological polar surface area (TPSA) is 15.3 Å². The molecular formula is C18H28N2. The second-order valence-electron chi connectivity index (χ2n) is 6.55. The average molecular weight is 272 g/mol. The smallest absolute Gasteiger partial charge is 0.0143 e. The van der Waals surface area contributed by atoms with Gasteiger partial charge in [0, 0.05) is 12.0 Å². The number of piperidine rings is 1. The van der Waals surface area contributed by atoms with Gasteiger partial charge in [-0.25, -0.2) is 0 Å². The van der Waals surface area contributed by atoms with Crippen molar-refractivity contribution in [1.29, 1.82) is 0 Å². The van der Waals surface area contributed by atoms with Crippen LogP contribution in [-0.4, -0.2) is 37.1 Å². The molecule has 1 heterocycles. The Hall–Kier alpha value is -0.860. The van der Waals surface area contributed by atoms with Crippen LogP contribution in [0.4, 0.5) is 0 Å². The van der Waals surface area contributed by atoms with E-state index in [0.29, 0.717) is 0 Å². The molecule has 0 bridgehead atoms. The highest BCUT2D eigenvalue weighted by atomic mass is 15.1. The molecule has 2 atom stereocenters. The summed E-state index contributed by atoms with van der Waals surface area (Å²) in [7, 11) is 0. The summed E-state index contributed by atoms with van der Waals surface area (Å²) in [5.41, 5.74) is 1.52. The Morgan fingerprint density at radius 2 is 1.90 bits per heavy atom. The number of hydrogen-bond acceptors (Lipinski definition) is 2. The molecule has 0 radical (unpaired) electrons. The highest BCUT2D eigenvalue weighted by Crippen LogP contribution is 2.40. The van der Waals surface area contributed by atoms with Gasteiger partial charge in [-0.3, -0.25) is 0 Å².